The number of phenols is 1. The third-order valence-electron chi connectivity index (χ3n) is 6.48. The van der Waals surface area contributed by atoms with Gasteiger partial charge in [0.1, 0.15) is 5.75 Å². The fourth-order valence-corrected chi connectivity index (χ4v) is 5.18. The summed E-state index contributed by atoms with van der Waals surface area (Å²) < 4.78 is 10.5. The number of nitrogens with one attached hydrogen (secondary N) is 1. The quantitative estimate of drug-likeness (QED) is 0.233. The van der Waals surface area contributed by atoms with Crippen molar-refractivity contribution in [2.24, 2.45) is 0 Å². The van der Waals surface area contributed by atoms with Crippen molar-refractivity contribution in [1.29, 1.82) is 0 Å². The maximum atomic E-state index is 13.1. The van der Waals surface area contributed by atoms with Crippen molar-refractivity contribution >= 4 is 40.6 Å². The lowest BCUT2D eigenvalue weighted by atomic mass is 10.0. The predicted octanol–water partition coefficient (Wildman–Crippen LogP) is 6.57. The molecule has 0 radical (unpaired) electrons. The zero-order chi connectivity index (χ0) is 28.9. The fraction of sp³-hybridized carbons (Fsp3) is 0.0938. The van der Waals surface area contributed by atoms with Crippen LogP contribution in [0.1, 0.15) is 21.5 Å². The highest BCUT2D eigenvalue weighted by Gasteiger charge is 2.35. The molecule has 1 fully saturated rings. The summed E-state index contributed by atoms with van der Waals surface area (Å²) in [7, 11) is 3.00. The number of carbonyl (C=O) groups is 3. The Balaban J connectivity index is 1.30. The average Bonchev–Trinajstić information content (AvgIpc) is 3.25. The number of imide groups is 1. The van der Waals surface area contributed by atoms with Gasteiger partial charge in [0.15, 0.2) is 11.5 Å². The molecule has 2 N–H and O–H groups in total. The first-order valence-corrected chi connectivity index (χ1v) is 13.4. The molecule has 0 spiro atoms. The number of carbonyl (C=O) groups excluding carboxylic acids is 3. The van der Waals surface area contributed by atoms with Gasteiger partial charge in [-0.25, -0.2) is 0 Å². The average molecular weight is 567 g/mol. The molecule has 0 saturated carbocycles. The number of anilines is 1. The molecule has 4 aromatic rings. The minimum Gasteiger partial charge on any atom is -0.507 e. The van der Waals surface area contributed by atoms with Crippen molar-refractivity contribution in [3.05, 3.63) is 113 Å². The zero-order valence-electron chi connectivity index (χ0n) is 22.3. The molecule has 41 heavy (non-hydrogen) atoms. The lowest BCUT2D eigenvalue weighted by molar-refractivity contribution is -0.123. The normalized spacial score (nSPS) is 13.9. The van der Waals surface area contributed by atoms with Crippen molar-refractivity contribution < 1.29 is 29.0 Å². The van der Waals surface area contributed by atoms with Gasteiger partial charge in [0.2, 0.25) is 0 Å². The third-order valence-corrected chi connectivity index (χ3v) is 7.39. The van der Waals surface area contributed by atoms with Crippen molar-refractivity contribution in [2.75, 3.05) is 19.5 Å². The van der Waals surface area contributed by atoms with E-state index in [9.17, 15) is 19.5 Å². The van der Waals surface area contributed by atoms with Crippen LogP contribution in [0.5, 0.6) is 17.2 Å². The second-order valence-corrected chi connectivity index (χ2v) is 10.1. The van der Waals surface area contributed by atoms with Crippen LogP contribution in [0, 0.1) is 0 Å². The van der Waals surface area contributed by atoms with Gasteiger partial charge >= 0.3 is 0 Å². The number of thioether (sulfide) groups is 1. The monoisotopic (exact) mass is 566 g/mol. The molecule has 8 nitrogen and oxygen atoms in total. The summed E-state index contributed by atoms with van der Waals surface area (Å²) in [5.41, 5.74) is 3.88. The highest BCUT2D eigenvalue weighted by Crippen LogP contribution is 2.35. The maximum absolute atomic E-state index is 13.1. The third kappa shape index (κ3) is 6.10. The van der Waals surface area contributed by atoms with Crippen LogP contribution in [0.4, 0.5) is 10.5 Å². The Morgan fingerprint density at radius 2 is 1.59 bits per heavy atom. The number of phenolic OH excluding ortho intramolecular Hbond substituents is 1. The fourth-order valence-electron chi connectivity index (χ4n) is 4.34. The SMILES string of the molecule is COc1ccc(NC(=O)c2cc(C=C3SC(=O)N(Cc4ccc(-c5ccccc5)cc4)C3=O)ccc2O)cc1OC. The molecule has 1 saturated heterocycles. The molecule has 3 amide bonds. The van der Waals surface area contributed by atoms with E-state index in [1.165, 1.54) is 37.3 Å². The first-order chi connectivity index (χ1) is 19.9. The van der Waals surface area contributed by atoms with Crippen LogP contribution in [0.2, 0.25) is 0 Å². The Morgan fingerprint density at radius 3 is 2.29 bits per heavy atom. The van der Waals surface area contributed by atoms with Gasteiger partial charge in [-0.2, -0.15) is 0 Å². The molecule has 0 bridgehead atoms. The van der Waals surface area contributed by atoms with Gasteiger partial charge in [0, 0.05) is 11.8 Å². The van der Waals surface area contributed by atoms with Crippen LogP contribution in [-0.2, 0) is 11.3 Å². The molecule has 0 aliphatic carbocycles. The number of methoxy groups -OCH3 is 2. The number of nitrogens with zero attached hydrogens (tertiary/aromatic N) is 1. The number of aromatic hydroxyl groups is 1. The molecule has 206 valence electrons. The lowest BCUT2D eigenvalue weighted by Gasteiger charge is -2.13. The summed E-state index contributed by atoms with van der Waals surface area (Å²) in [6, 6.07) is 27.0. The maximum Gasteiger partial charge on any atom is 0.293 e. The van der Waals surface area contributed by atoms with Gasteiger partial charge in [-0.1, -0.05) is 60.7 Å². The van der Waals surface area contributed by atoms with Gasteiger partial charge in [-0.05, 0) is 64.4 Å². The number of rotatable bonds is 8. The first-order valence-electron chi connectivity index (χ1n) is 12.6. The van der Waals surface area contributed by atoms with E-state index in [2.05, 4.69) is 5.32 Å². The van der Waals surface area contributed by atoms with Gasteiger partial charge in [-0.15, -0.1) is 0 Å². The van der Waals surface area contributed by atoms with Crippen molar-refractivity contribution in [3.8, 4) is 28.4 Å². The molecule has 1 aliphatic heterocycles. The van der Waals surface area contributed by atoms with E-state index in [4.69, 9.17) is 9.47 Å². The molecule has 0 atom stereocenters. The standard InChI is InChI=1S/C32H26N2O6S/c1-39-27-15-13-24(18-28(27)40-2)33-30(36)25-16-21(10-14-26(25)35)17-29-31(37)34(32(38)41-29)19-20-8-11-23(12-9-20)22-6-4-3-5-7-22/h3-18,35H,19H2,1-2H3,(H,33,36). The summed E-state index contributed by atoms with van der Waals surface area (Å²) in [5.74, 6) is -0.264. The number of hydrogen-bond acceptors (Lipinski definition) is 7. The number of hydrogen-bond donors (Lipinski definition) is 2. The molecule has 5 rings (SSSR count). The van der Waals surface area contributed by atoms with Crippen LogP contribution in [-0.4, -0.2) is 41.3 Å². The van der Waals surface area contributed by atoms with E-state index in [-0.39, 0.29) is 28.0 Å². The summed E-state index contributed by atoms with van der Waals surface area (Å²) in [5, 5.41) is 12.7. The van der Waals surface area contributed by atoms with E-state index in [0.717, 1.165) is 28.5 Å². The topological polar surface area (TPSA) is 105 Å². The molecule has 1 aliphatic rings. The summed E-state index contributed by atoms with van der Waals surface area (Å²) in [6.45, 7) is 0.144. The van der Waals surface area contributed by atoms with Gasteiger partial charge in [0.05, 0.1) is 31.2 Å². The molecular weight excluding hydrogens is 540 g/mol. The van der Waals surface area contributed by atoms with Crippen LogP contribution in [0.25, 0.3) is 17.2 Å². The highest BCUT2D eigenvalue weighted by molar-refractivity contribution is 8.18. The van der Waals surface area contributed by atoms with Crippen molar-refractivity contribution in [1.82, 2.24) is 4.90 Å². The first kappa shape index (κ1) is 27.5. The Morgan fingerprint density at radius 1 is 0.878 bits per heavy atom. The summed E-state index contributed by atoms with van der Waals surface area (Å²) in [6.07, 6.45) is 1.54. The van der Waals surface area contributed by atoms with E-state index in [0.29, 0.717) is 22.7 Å². The van der Waals surface area contributed by atoms with E-state index in [1.54, 1.807) is 24.3 Å². The highest BCUT2D eigenvalue weighted by atomic mass is 32.2. The van der Waals surface area contributed by atoms with E-state index < -0.39 is 11.8 Å². The summed E-state index contributed by atoms with van der Waals surface area (Å²) >= 11 is 0.834. The van der Waals surface area contributed by atoms with Crippen LogP contribution in [0.15, 0.2) is 95.9 Å². The van der Waals surface area contributed by atoms with E-state index in [1.807, 2.05) is 54.6 Å². The Bertz CT molecular complexity index is 1650. The second kappa shape index (κ2) is 12.0. The van der Waals surface area contributed by atoms with E-state index >= 15 is 0 Å². The van der Waals surface area contributed by atoms with Crippen molar-refractivity contribution in [2.45, 2.75) is 6.54 Å². The van der Waals surface area contributed by atoms with Gasteiger partial charge < -0.3 is 19.9 Å². The number of amides is 3. The van der Waals surface area contributed by atoms with Crippen LogP contribution < -0.4 is 14.8 Å². The molecule has 9 heteroatoms. The molecule has 4 aromatic carbocycles. The Labute approximate surface area is 241 Å². The molecule has 1 heterocycles. The summed E-state index contributed by atoms with van der Waals surface area (Å²) in [4.78, 5) is 40.2. The molecule has 0 unspecified atom stereocenters. The minimum absolute atomic E-state index is 0.00580. The van der Waals surface area contributed by atoms with Crippen LogP contribution >= 0.6 is 11.8 Å². The number of benzene rings is 4. The Hall–Kier alpha value is -5.02. The van der Waals surface area contributed by atoms with Crippen LogP contribution in [0.3, 0.4) is 0 Å². The second-order valence-electron chi connectivity index (χ2n) is 9.13. The van der Waals surface area contributed by atoms with Crippen molar-refractivity contribution in [3.63, 3.8) is 0 Å². The molecular formula is C32H26N2O6S. The minimum atomic E-state index is -0.558. The van der Waals surface area contributed by atoms with Gasteiger partial charge in [-0.3, -0.25) is 19.3 Å². The predicted molar refractivity (Wildman–Crippen MR) is 159 cm³/mol. The number of ether oxygens (including phenoxy) is 2. The zero-order valence-corrected chi connectivity index (χ0v) is 23.1. The Kier molecular flexibility index (Phi) is 8.07. The lowest BCUT2D eigenvalue weighted by Crippen LogP contribution is -2.27. The van der Waals surface area contributed by atoms with Gasteiger partial charge in [0.25, 0.3) is 17.1 Å². The largest absolute Gasteiger partial charge is 0.507 e. The molecule has 0 aromatic heterocycles. The smallest absolute Gasteiger partial charge is 0.293 e.